The summed E-state index contributed by atoms with van der Waals surface area (Å²) in [6.07, 6.45) is 5.82. The Balaban J connectivity index is 1.84. The van der Waals surface area contributed by atoms with Crippen LogP contribution < -0.4 is 14.8 Å². The number of ether oxygens (including phenoxy) is 2. The van der Waals surface area contributed by atoms with Crippen LogP contribution in [0.15, 0.2) is 18.2 Å². The van der Waals surface area contributed by atoms with E-state index in [9.17, 15) is 9.59 Å². The standard InChI is InChI=1S/C22H35N3O4/c1-5-6-7-8-9-17(2)23-22(27)25-14-12-24(13-15-25)21(26)19-11-10-18(28-3)16-20(19)29-4/h10-11,16-17H,5-9,12-15H2,1-4H3,(H,23,27). The van der Waals surface area contributed by atoms with Gasteiger partial charge in [0, 0.05) is 38.3 Å². The van der Waals surface area contributed by atoms with Crippen molar-refractivity contribution in [3.8, 4) is 11.5 Å². The Kier molecular flexibility index (Phi) is 9.09. The molecule has 0 aromatic heterocycles. The van der Waals surface area contributed by atoms with Crippen molar-refractivity contribution in [2.24, 2.45) is 0 Å². The number of nitrogens with zero attached hydrogens (tertiary/aromatic N) is 2. The van der Waals surface area contributed by atoms with Gasteiger partial charge in [0.15, 0.2) is 0 Å². The Morgan fingerprint density at radius 2 is 1.72 bits per heavy atom. The van der Waals surface area contributed by atoms with E-state index in [4.69, 9.17) is 9.47 Å². The zero-order valence-corrected chi connectivity index (χ0v) is 18.2. The molecule has 7 heteroatoms. The van der Waals surface area contributed by atoms with Crippen LogP contribution in [-0.2, 0) is 0 Å². The van der Waals surface area contributed by atoms with E-state index in [1.54, 1.807) is 35.1 Å². The summed E-state index contributed by atoms with van der Waals surface area (Å²) in [5, 5.41) is 3.08. The highest BCUT2D eigenvalue weighted by molar-refractivity contribution is 5.97. The Bertz CT molecular complexity index is 672. The van der Waals surface area contributed by atoms with Gasteiger partial charge >= 0.3 is 6.03 Å². The van der Waals surface area contributed by atoms with Gasteiger partial charge in [-0.3, -0.25) is 4.79 Å². The molecule has 1 aromatic rings. The maximum atomic E-state index is 12.9. The molecule has 1 aliphatic heterocycles. The molecule has 0 saturated carbocycles. The van der Waals surface area contributed by atoms with Crippen LogP contribution in [0.3, 0.4) is 0 Å². The van der Waals surface area contributed by atoms with Crippen molar-refractivity contribution in [3.63, 3.8) is 0 Å². The fraction of sp³-hybridized carbons (Fsp3) is 0.636. The topological polar surface area (TPSA) is 71.1 Å². The molecule has 1 unspecified atom stereocenters. The highest BCUT2D eigenvalue weighted by Gasteiger charge is 2.27. The van der Waals surface area contributed by atoms with Gasteiger partial charge in [-0.25, -0.2) is 4.79 Å². The summed E-state index contributed by atoms with van der Waals surface area (Å²) in [6, 6.07) is 5.31. The summed E-state index contributed by atoms with van der Waals surface area (Å²) >= 11 is 0. The third-order valence-corrected chi connectivity index (χ3v) is 5.35. The van der Waals surface area contributed by atoms with Gasteiger partial charge in [0.25, 0.3) is 5.91 Å². The third-order valence-electron chi connectivity index (χ3n) is 5.35. The van der Waals surface area contributed by atoms with E-state index < -0.39 is 0 Å². The van der Waals surface area contributed by atoms with Crippen LogP contribution in [0.25, 0.3) is 0 Å². The molecule has 7 nitrogen and oxygen atoms in total. The van der Waals surface area contributed by atoms with Gasteiger partial charge in [0.2, 0.25) is 0 Å². The quantitative estimate of drug-likeness (QED) is 0.638. The van der Waals surface area contributed by atoms with Gasteiger partial charge in [-0.15, -0.1) is 0 Å². The summed E-state index contributed by atoms with van der Waals surface area (Å²) in [5.41, 5.74) is 0.506. The summed E-state index contributed by atoms with van der Waals surface area (Å²) in [6.45, 7) is 6.32. The van der Waals surface area contributed by atoms with Crippen LogP contribution in [0.1, 0.15) is 56.3 Å². The van der Waals surface area contributed by atoms with Crippen LogP contribution >= 0.6 is 0 Å². The first-order valence-corrected chi connectivity index (χ1v) is 10.6. The molecule has 162 valence electrons. The summed E-state index contributed by atoms with van der Waals surface area (Å²) in [5.74, 6) is 1.05. The number of hydrogen-bond donors (Lipinski definition) is 1. The lowest BCUT2D eigenvalue weighted by molar-refractivity contribution is 0.0660. The Morgan fingerprint density at radius 1 is 1.03 bits per heavy atom. The molecule has 1 aliphatic rings. The minimum Gasteiger partial charge on any atom is -0.497 e. The number of carbonyl (C=O) groups excluding carboxylic acids is 2. The van der Waals surface area contributed by atoms with E-state index in [1.807, 2.05) is 0 Å². The fourth-order valence-electron chi connectivity index (χ4n) is 3.51. The van der Waals surface area contributed by atoms with E-state index >= 15 is 0 Å². The molecule has 1 saturated heterocycles. The first-order chi connectivity index (χ1) is 14.0. The van der Waals surface area contributed by atoms with Crippen LogP contribution in [0.4, 0.5) is 4.79 Å². The molecule has 1 fully saturated rings. The second kappa shape index (κ2) is 11.5. The molecule has 0 bridgehead atoms. The van der Waals surface area contributed by atoms with Gasteiger partial charge < -0.3 is 24.6 Å². The first kappa shape index (κ1) is 22.8. The molecule has 2 rings (SSSR count). The average molecular weight is 406 g/mol. The number of amides is 3. The van der Waals surface area contributed by atoms with Crippen molar-refractivity contribution >= 4 is 11.9 Å². The predicted molar refractivity (Wildman–Crippen MR) is 114 cm³/mol. The van der Waals surface area contributed by atoms with Crippen molar-refractivity contribution < 1.29 is 19.1 Å². The second-order valence-electron chi connectivity index (χ2n) is 7.55. The predicted octanol–water partition coefficient (Wildman–Crippen LogP) is 3.53. The summed E-state index contributed by atoms with van der Waals surface area (Å²) in [7, 11) is 3.11. The Labute approximate surface area is 174 Å². The molecule has 0 spiro atoms. The zero-order valence-electron chi connectivity index (χ0n) is 18.2. The van der Waals surface area contributed by atoms with Crippen molar-refractivity contribution in [2.45, 2.75) is 52.0 Å². The van der Waals surface area contributed by atoms with Crippen LogP contribution in [-0.4, -0.2) is 68.2 Å². The van der Waals surface area contributed by atoms with Crippen LogP contribution in [0, 0.1) is 0 Å². The Morgan fingerprint density at radius 3 is 2.34 bits per heavy atom. The first-order valence-electron chi connectivity index (χ1n) is 10.6. The molecular weight excluding hydrogens is 370 g/mol. The third kappa shape index (κ3) is 6.54. The second-order valence-corrected chi connectivity index (χ2v) is 7.55. The Hall–Kier alpha value is -2.44. The van der Waals surface area contributed by atoms with Gasteiger partial charge in [0.1, 0.15) is 11.5 Å². The maximum absolute atomic E-state index is 12.9. The fourth-order valence-corrected chi connectivity index (χ4v) is 3.51. The monoisotopic (exact) mass is 405 g/mol. The highest BCUT2D eigenvalue weighted by Crippen LogP contribution is 2.26. The zero-order chi connectivity index (χ0) is 21.2. The minimum atomic E-state index is -0.0890. The number of benzene rings is 1. The molecule has 1 aromatic carbocycles. The summed E-state index contributed by atoms with van der Waals surface area (Å²) in [4.78, 5) is 28.9. The summed E-state index contributed by atoms with van der Waals surface area (Å²) < 4.78 is 10.5. The number of urea groups is 1. The largest absolute Gasteiger partial charge is 0.497 e. The van der Waals surface area contributed by atoms with Crippen molar-refractivity contribution in [2.75, 3.05) is 40.4 Å². The molecule has 3 amide bonds. The minimum absolute atomic E-state index is 0.0397. The SMILES string of the molecule is CCCCCCC(C)NC(=O)N1CCN(C(=O)c2ccc(OC)cc2OC)CC1. The molecule has 0 aliphatic carbocycles. The van der Waals surface area contributed by atoms with E-state index in [2.05, 4.69) is 19.2 Å². The van der Waals surface area contributed by atoms with Crippen molar-refractivity contribution in [1.82, 2.24) is 15.1 Å². The highest BCUT2D eigenvalue weighted by atomic mass is 16.5. The lowest BCUT2D eigenvalue weighted by Crippen LogP contribution is -2.54. The molecule has 29 heavy (non-hydrogen) atoms. The molecule has 0 radical (unpaired) electrons. The number of rotatable bonds is 9. The van der Waals surface area contributed by atoms with Gasteiger partial charge in [-0.2, -0.15) is 0 Å². The van der Waals surface area contributed by atoms with Crippen molar-refractivity contribution in [3.05, 3.63) is 23.8 Å². The normalized spacial score (nSPS) is 15.0. The van der Waals surface area contributed by atoms with Gasteiger partial charge in [-0.05, 0) is 25.5 Å². The van der Waals surface area contributed by atoms with E-state index in [0.717, 1.165) is 12.8 Å². The number of piperazine rings is 1. The maximum Gasteiger partial charge on any atom is 0.317 e. The smallest absolute Gasteiger partial charge is 0.317 e. The lowest BCUT2D eigenvalue weighted by atomic mass is 10.1. The number of hydrogen-bond acceptors (Lipinski definition) is 4. The van der Waals surface area contributed by atoms with E-state index in [-0.39, 0.29) is 18.0 Å². The molecule has 1 heterocycles. The average Bonchev–Trinajstić information content (AvgIpc) is 2.75. The van der Waals surface area contributed by atoms with Crippen molar-refractivity contribution in [1.29, 1.82) is 0 Å². The number of methoxy groups -OCH3 is 2. The molecule has 1 atom stereocenters. The van der Waals surface area contributed by atoms with Crippen LogP contribution in [0.5, 0.6) is 11.5 Å². The lowest BCUT2D eigenvalue weighted by Gasteiger charge is -2.35. The number of carbonyl (C=O) groups is 2. The van der Waals surface area contributed by atoms with Gasteiger partial charge in [0.05, 0.1) is 19.8 Å². The van der Waals surface area contributed by atoms with Gasteiger partial charge in [-0.1, -0.05) is 32.6 Å². The van der Waals surface area contributed by atoms with E-state index in [1.165, 1.54) is 26.4 Å². The number of unbranched alkanes of at least 4 members (excludes halogenated alkanes) is 3. The molecule has 1 N–H and O–H groups in total. The number of nitrogens with one attached hydrogen (secondary N) is 1. The van der Waals surface area contributed by atoms with Crippen LogP contribution in [0.2, 0.25) is 0 Å². The molecular formula is C22H35N3O4. The van der Waals surface area contributed by atoms with E-state index in [0.29, 0.717) is 43.2 Å².